The van der Waals surface area contributed by atoms with Gasteiger partial charge in [0, 0.05) is 18.1 Å². The first-order chi connectivity index (χ1) is 11.8. The molecule has 0 unspecified atom stereocenters. The largest absolute Gasteiger partial charge is 0.460 e. The van der Waals surface area contributed by atoms with Crippen LogP contribution in [0.1, 0.15) is 12.6 Å². The Morgan fingerprint density at radius 2 is 1.69 bits per heavy atom. The Morgan fingerprint density at radius 3 is 2.23 bits per heavy atom. The van der Waals surface area contributed by atoms with Gasteiger partial charge in [0.1, 0.15) is 11.4 Å². The Morgan fingerprint density at radius 1 is 1.08 bits per heavy atom. The monoisotopic (exact) mass is 421 g/mol. The molecule has 3 nitrogen and oxygen atoms in total. The maximum Gasteiger partial charge on any atom is 0.460 e. The first kappa shape index (κ1) is 20.8. The van der Waals surface area contributed by atoms with E-state index in [1.807, 2.05) is 0 Å². The summed E-state index contributed by atoms with van der Waals surface area (Å²) in [7, 11) is 0.911. The minimum absolute atomic E-state index is 0.0427. The number of alkyl halides is 7. The van der Waals surface area contributed by atoms with E-state index in [4.69, 9.17) is 11.6 Å². The smallest absolute Gasteiger partial charge is 0.325 e. The lowest BCUT2D eigenvalue weighted by Crippen LogP contribution is -2.50. The van der Waals surface area contributed by atoms with E-state index < -0.39 is 23.7 Å². The summed E-state index contributed by atoms with van der Waals surface area (Å²) in [6, 6.07) is 1.47. The van der Waals surface area contributed by atoms with Gasteiger partial charge < -0.3 is 4.57 Å². The van der Waals surface area contributed by atoms with Crippen LogP contribution in [-0.2, 0) is 13.0 Å². The molecule has 0 fully saturated rings. The first-order valence-electron chi connectivity index (χ1n) is 6.97. The summed E-state index contributed by atoms with van der Waals surface area (Å²) in [6.07, 6.45) is -4.96. The molecule has 2 heterocycles. The third kappa shape index (κ3) is 3.38. The topological polar surface area (TPSA) is 30.7 Å². The van der Waals surface area contributed by atoms with Crippen LogP contribution in [-0.4, -0.2) is 32.4 Å². The van der Waals surface area contributed by atoms with Gasteiger partial charge in [-0.1, -0.05) is 18.5 Å². The molecule has 0 spiro atoms. The molecule has 2 rings (SSSR count). The third-order valence-electron chi connectivity index (χ3n) is 3.39. The van der Waals surface area contributed by atoms with E-state index in [2.05, 4.69) is 9.97 Å². The Bertz CT molecular complexity index is 804. The lowest BCUT2D eigenvalue weighted by Gasteiger charge is -2.28. The highest BCUT2D eigenvalue weighted by molar-refractivity contribution is 7.99. The molecular weight excluding hydrogens is 411 g/mol. The van der Waals surface area contributed by atoms with E-state index in [9.17, 15) is 30.7 Å². The first-order valence-corrected chi connectivity index (χ1v) is 8.34. The minimum atomic E-state index is -6.43. The number of pyridine rings is 1. The van der Waals surface area contributed by atoms with Crippen LogP contribution in [0.4, 0.5) is 30.7 Å². The van der Waals surface area contributed by atoms with Gasteiger partial charge in [0.15, 0.2) is 5.82 Å². The van der Waals surface area contributed by atoms with Crippen molar-refractivity contribution < 1.29 is 30.7 Å². The van der Waals surface area contributed by atoms with Gasteiger partial charge in [-0.05, 0) is 11.8 Å². The van der Waals surface area contributed by atoms with Gasteiger partial charge in [0.25, 0.3) is 0 Å². The fraction of sp³-hybridized carbons (Fsp3) is 0.429. The zero-order chi connectivity index (χ0) is 19.9. The average Bonchev–Trinajstić information content (AvgIpc) is 2.89. The summed E-state index contributed by atoms with van der Waals surface area (Å²) in [4.78, 5) is 7.95. The molecule has 26 heavy (non-hydrogen) atoms. The molecule has 0 N–H and O–H groups in total. The van der Waals surface area contributed by atoms with Crippen LogP contribution in [0.25, 0.3) is 11.5 Å². The molecule has 0 bridgehead atoms. The second kappa shape index (κ2) is 6.91. The third-order valence-corrected chi connectivity index (χ3v) is 4.51. The molecule has 0 saturated carbocycles. The van der Waals surface area contributed by atoms with Crippen LogP contribution in [0.2, 0.25) is 5.02 Å². The van der Waals surface area contributed by atoms with Gasteiger partial charge in [0.2, 0.25) is 0 Å². The standard InChI is InChI=1S/C14H11ClF7N3S/c1-3-26-8-4-7(15)5-23-10(8)11-24-6-9(25(11)2)12(16,17)13(18,19)14(20,21)22/h4-6H,3H2,1-2H3. The van der Waals surface area contributed by atoms with Crippen LogP contribution >= 0.6 is 23.4 Å². The number of hydrogen-bond acceptors (Lipinski definition) is 3. The quantitative estimate of drug-likeness (QED) is 0.469. The Hall–Kier alpha value is -1.49. The van der Waals surface area contributed by atoms with Crippen molar-refractivity contribution in [3.05, 3.63) is 29.2 Å². The molecule has 0 aliphatic heterocycles. The Kier molecular flexibility index (Phi) is 5.54. The molecule has 0 aliphatic carbocycles. The van der Waals surface area contributed by atoms with Gasteiger partial charge in [-0.2, -0.15) is 30.7 Å². The van der Waals surface area contributed by atoms with Crippen LogP contribution in [0.3, 0.4) is 0 Å². The van der Waals surface area contributed by atoms with Crippen LogP contribution < -0.4 is 0 Å². The van der Waals surface area contributed by atoms with E-state index in [-0.39, 0.29) is 22.7 Å². The van der Waals surface area contributed by atoms with Gasteiger partial charge in [-0.25, -0.2) is 4.98 Å². The highest BCUT2D eigenvalue weighted by atomic mass is 35.5. The fourth-order valence-electron chi connectivity index (χ4n) is 2.11. The highest BCUT2D eigenvalue weighted by Crippen LogP contribution is 2.52. The van der Waals surface area contributed by atoms with E-state index >= 15 is 0 Å². The summed E-state index contributed by atoms with van der Waals surface area (Å²) >= 11 is 7.05. The minimum Gasteiger partial charge on any atom is -0.325 e. The zero-order valence-electron chi connectivity index (χ0n) is 13.2. The molecular formula is C14H11ClF7N3S. The normalized spacial score (nSPS) is 13.3. The molecule has 0 aliphatic rings. The summed E-state index contributed by atoms with van der Waals surface area (Å²) in [5.41, 5.74) is -1.54. The second-order valence-electron chi connectivity index (χ2n) is 5.11. The summed E-state index contributed by atoms with van der Waals surface area (Å²) in [5.74, 6) is -11.5. The molecule has 144 valence electrons. The maximum absolute atomic E-state index is 14.0. The van der Waals surface area contributed by atoms with Crippen molar-refractivity contribution >= 4 is 23.4 Å². The predicted octanol–water partition coefficient (Wildman–Crippen LogP) is 5.54. The van der Waals surface area contributed by atoms with Crippen molar-refractivity contribution in [2.24, 2.45) is 7.05 Å². The van der Waals surface area contributed by atoms with Crippen LogP contribution in [0.5, 0.6) is 0 Å². The molecule has 0 saturated heterocycles. The lowest BCUT2D eigenvalue weighted by atomic mass is 10.1. The van der Waals surface area contributed by atoms with E-state index in [1.165, 1.54) is 24.0 Å². The maximum atomic E-state index is 14.0. The summed E-state index contributed by atoms with van der Waals surface area (Å²) in [6.45, 7) is 1.79. The van der Waals surface area contributed by atoms with Gasteiger partial charge in [-0.15, -0.1) is 11.8 Å². The molecule has 0 atom stereocenters. The second-order valence-corrected chi connectivity index (χ2v) is 6.85. The number of rotatable bonds is 5. The van der Waals surface area contributed by atoms with Crippen molar-refractivity contribution in [2.45, 2.75) is 29.8 Å². The SMILES string of the molecule is CCSc1cc(Cl)cnc1-c1ncc(C(F)(F)C(F)(F)C(F)(F)F)n1C. The predicted molar refractivity (Wildman–Crippen MR) is 82.7 cm³/mol. The number of thioether (sulfide) groups is 1. The number of hydrogen-bond donors (Lipinski definition) is 0. The molecule has 2 aromatic rings. The highest BCUT2D eigenvalue weighted by Gasteiger charge is 2.74. The van der Waals surface area contributed by atoms with E-state index in [0.29, 0.717) is 15.2 Å². The van der Waals surface area contributed by atoms with Crippen molar-refractivity contribution in [3.8, 4) is 11.5 Å². The Labute approximate surface area is 152 Å². The number of aromatic nitrogens is 3. The molecule has 12 heteroatoms. The van der Waals surface area contributed by atoms with Crippen molar-refractivity contribution in [1.29, 1.82) is 0 Å². The molecule has 0 aromatic carbocycles. The van der Waals surface area contributed by atoms with Crippen LogP contribution in [0, 0.1) is 0 Å². The van der Waals surface area contributed by atoms with E-state index in [0.717, 1.165) is 7.05 Å². The Balaban J connectivity index is 2.59. The molecule has 2 aromatic heterocycles. The van der Waals surface area contributed by atoms with E-state index in [1.54, 1.807) is 6.92 Å². The van der Waals surface area contributed by atoms with Crippen molar-refractivity contribution in [1.82, 2.24) is 14.5 Å². The van der Waals surface area contributed by atoms with Crippen LogP contribution in [0.15, 0.2) is 23.4 Å². The van der Waals surface area contributed by atoms with Gasteiger partial charge >= 0.3 is 18.0 Å². The van der Waals surface area contributed by atoms with Gasteiger partial charge in [-0.3, -0.25) is 4.98 Å². The van der Waals surface area contributed by atoms with Gasteiger partial charge in [0.05, 0.1) is 11.2 Å². The van der Waals surface area contributed by atoms with Crippen molar-refractivity contribution in [3.63, 3.8) is 0 Å². The molecule has 0 radical (unpaired) electrons. The number of imidazole rings is 1. The van der Waals surface area contributed by atoms with Crippen molar-refractivity contribution in [2.75, 3.05) is 5.75 Å². The summed E-state index contributed by atoms with van der Waals surface area (Å²) < 4.78 is 92.1. The fourth-order valence-corrected chi connectivity index (χ4v) is 3.14. The average molecular weight is 422 g/mol. The molecule has 0 amide bonds. The number of nitrogens with zero attached hydrogens (tertiary/aromatic N) is 3. The lowest BCUT2D eigenvalue weighted by molar-refractivity contribution is -0.360. The summed E-state index contributed by atoms with van der Waals surface area (Å²) in [5, 5.41) is 0.244. The number of halogens is 8. The zero-order valence-corrected chi connectivity index (χ0v) is 14.8.